The average molecular weight is 227 g/mol. The third-order valence-corrected chi connectivity index (χ3v) is 2.91. The number of hydrogen-bond donors (Lipinski definition) is 1. The average Bonchev–Trinajstić information content (AvgIpc) is 2.98. The summed E-state index contributed by atoms with van der Waals surface area (Å²) >= 11 is 0. The van der Waals surface area contributed by atoms with Gasteiger partial charge in [0.2, 0.25) is 0 Å². The molecule has 86 valence electrons. The number of hydrogen-bond acceptors (Lipinski definition) is 3. The molecule has 0 unspecified atom stereocenters. The minimum atomic E-state index is 0.546. The first kappa shape index (κ1) is 10.1. The highest BCUT2D eigenvalue weighted by Crippen LogP contribution is 2.21. The smallest absolute Gasteiger partial charge is 0.156 e. The summed E-state index contributed by atoms with van der Waals surface area (Å²) in [6, 6.07) is 10.1. The number of nitrogens with two attached hydrogens (primary N) is 1. The summed E-state index contributed by atoms with van der Waals surface area (Å²) in [6.07, 6.45) is 3.73. The fourth-order valence-electron chi connectivity index (χ4n) is 2.11. The predicted octanol–water partition coefficient (Wildman–Crippen LogP) is 2.14. The zero-order valence-electron chi connectivity index (χ0n) is 9.34. The van der Waals surface area contributed by atoms with Gasteiger partial charge >= 0.3 is 0 Å². The molecular formula is C13H13N3O. The van der Waals surface area contributed by atoms with Gasteiger partial charge in [0.1, 0.15) is 0 Å². The van der Waals surface area contributed by atoms with Crippen molar-refractivity contribution in [3.8, 4) is 0 Å². The maximum Gasteiger partial charge on any atom is 0.156 e. The minimum absolute atomic E-state index is 0.546. The Bertz CT molecular complexity index is 625. The number of benzene rings is 1. The maximum atomic E-state index is 5.75. The van der Waals surface area contributed by atoms with Gasteiger partial charge in [-0.25, -0.2) is 0 Å². The standard InChI is InChI=1S/C13H13N3O/c14-7-10-8-16(9-11-5-6-15-17-11)13-4-2-1-3-12(10)13/h1-6,8H,7,9,14H2. The quantitative estimate of drug-likeness (QED) is 0.745. The molecule has 0 radical (unpaired) electrons. The lowest BCUT2D eigenvalue weighted by Gasteiger charge is -2.01. The Morgan fingerprint density at radius 3 is 2.88 bits per heavy atom. The fourth-order valence-corrected chi connectivity index (χ4v) is 2.11. The highest BCUT2D eigenvalue weighted by atomic mass is 16.5. The van der Waals surface area contributed by atoms with Gasteiger partial charge in [0.05, 0.1) is 12.7 Å². The van der Waals surface area contributed by atoms with E-state index >= 15 is 0 Å². The molecule has 3 aromatic rings. The summed E-state index contributed by atoms with van der Waals surface area (Å²) in [5, 5.41) is 4.92. The van der Waals surface area contributed by atoms with Crippen LogP contribution in [-0.4, -0.2) is 9.72 Å². The molecule has 0 saturated carbocycles. The van der Waals surface area contributed by atoms with Crippen LogP contribution in [0.25, 0.3) is 10.9 Å². The van der Waals surface area contributed by atoms with E-state index in [4.69, 9.17) is 10.3 Å². The van der Waals surface area contributed by atoms with Gasteiger partial charge in [-0.3, -0.25) is 0 Å². The van der Waals surface area contributed by atoms with Crippen molar-refractivity contribution in [1.29, 1.82) is 0 Å². The van der Waals surface area contributed by atoms with Crippen LogP contribution in [0.3, 0.4) is 0 Å². The van der Waals surface area contributed by atoms with Crippen LogP contribution in [0.2, 0.25) is 0 Å². The summed E-state index contributed by atoms with van der Waals surface area (Å²) in [5.74, 6) is 0.842. The van der Waals surface area contributed by atoms with E-state index < -0.39 is 0 Å². The van der Waals surface area contributed by atoms with Crippen molar-refractivity contribution in [3.05, 3.63) is 54.0 Å². The van der Waals surface area contributed by atoms with Crippen LogP contribution in [0.1, 0.15) is 11.3 Å². The molecule has 4 heteroatoms. The zero-order valence-corrected chi connectivity index (χ0v) is 9.34. The number of rotatable bonds is 3. The summed E-state index contributed by atoms with van der Waals surface area (Å²) in [6.45, 7) is 1.23. The molecule has 0 atom stereocenters. The molecule has 2 heterocycles. The molecule has 0 amide bonds. The van der Waals surface area contributed by atoms with Crippen molar-refractivity contribution < 1.29 is 4.52 Å². The topological polar surface area (TPSA) is 57.0 Å². The van der Waals surface area contributed by atoms with E-state index in [1.807, 2.05) is 18.2 Å². The van der Waals surface area contributed by atoms with Crippen LogP contribution in [0.5, 0.6) is 0 Å². The number of para-hydroxylation sites is 1. The molecule has 0 aliphatic carbocycles. The molecule has 2 aromatic heterocycles. The van der Waals surface area contributed by atoms with Gasteiger partial charge < -0.3 is 14.8 Å². The molecule has 3 rings (SSSR count). The fraction of sp³-hybridized carbons (Fsp3) is 0.154. The molecule has 0 aliphatic heterocycles. The molecule has 0 spiro atoms. The van der Waals surface area contributed by atoms with Gasteiger partial charge in [0, 0.05) is 29.7 Å². The zero-order chi connectivity index (χ0) is 11.7. The van der Waals surface area contributed by atoms with Gasteiger partial charge in [0.15, 0.2) is 5.76 Å². The highest BCUT2D eigenvalue weighted by molar-refractivity contribution is 5.84. The Kier molecular flexibility index (Phi) is 2.42. The molecule has 1 aromatic carbocycles. The second kappa shape index (κ2) is 4.07. The summed E-state index contributed by atoms with van der Waals surface area (Å²) in [7, 11) is 0. The SMILES string of the molecule is NCc1cn(Cc2ccno2)c2ccccc12. The van der Waals surface area contributed by atoms with Gasteiger partial charge in [0.25, 0.3) is 0 Å². The van der Waals surface area contributed by atoms with E-state index in [9.17, 15) is 0 Å². The van der Waals surface area contributed by atoms with Crippen LogP contribution in [0, 0.1) is 0 Å². The van der Waals surface area contributed by atoms with Gasteiger partial charge in [-0.15, -0.1) is 0 Å². The van der Waals surface area contributed by atoms with E-state index in [1.54, 1.807) is 6.20 Å². The third-order valence-electron chi connectivity index (χ3n) is 2.91. The molecule has 0 saturated heterocycles. The molecule has 2 N–H and O–H groups in total. The maximum absolute atomic E-state index is 5.75. The van der Waals surface area contributed by atoms with Crippen molar-refractivity contribution in [2.45, 2.75) is 13.1 Å². The predicted molar refractivity (Wildman–Crippen MR) is 65.4 cm³/mol. The summed E-state index contributed by atoms with van der Waals surface area (Å²) < 4.78 is 7.26. The molecule has 4 nitrogen and oxygen atoms in total. The Morgan fingerprint density at radius 2 is 2.12 bits per heavy atom. The van der Waals surface area contributed by atoms with Crippen LogP contribution in [-0.2, 0) is 13.1 Å². The van der Waals surface area contributed by atoms with Crippen molar-refractivity contribution in [2.75, 3.05) is 0 Å². The first-order valence-electron chi connectivity index (χ1n) is 5.55. The molecular weight excluding hydrogens is 214 g/mol. The Balaban J connectivity index is 2.10. The first-order valence-corrected chi connectivity index (χ1v) is 5.55. The molecule has 17 heavy (non-hydrogen) atoms. The van der Waals surface area contributed by atoms with Crippen LogP contribution < -0.4 is 5.73 Å². The molecule has 0 fully saturated rings. The second-order valence-corrected chi connectivity index (χ2v) is 3.98. The van der Waals surface area contributed by atoms with E-state index in [0.29, 0.717) is 13.1 Å². The number of aromatic nitrogens is 2. The normalized spacial score (nSPS) is 11.1. The highest BCUT2D eigenvalue weighted by Gasteiger charge is 2.08. The Morgan fingerprint density at radius 1 is 1.24 bits per heavy atom. The minimum Gasteiger partial charge on any atom is -0.359 e. The van der Waals surface area contributed by atoms with Gasteiger partial charge in [-0.2, -0.15) is 0 Å². The van der Waals surface area contributed by atoms with Crippen LogP contribution in [0.4, 0.5) is 0 Å². The summed E-state index contributed by atoms with van der Waals surface area (Å²) in [4.78, 5) is 0. The van der Waals surface area contributed by atoms with Crippen molar-refractivity contribution in [3.63, 3.8) is 0 Å². The van der Waals surface area contributed by atoms with Crippen LogP contribution >= 0.6 is 0 Å². The molecule has 0 bridgehead atoms. The lowest BCUT2D eigenvalue weighted by Crippen LogP contribution is -1.97. The first-order chi connectivity index (χ1) is 8.38. The van der Waals surface area contributed by atoms with Gasteiger partial charge in [-0.05, 0) is 11.6 Å². The largest absolute Gasteiger partial charge is 0.359 e. The summed E-state index contributed by atoms with van der Waals surface area (Å²) in [5.41, 5.74) is 8.08. The monoisotopic (exact) mass is 227 g/mol. The van der Waals surface area contributed by atoms with E-state index in [1.165, 1.54) is 10.9 Å². The van der Waals surface area contributed by atoms with Crippen molar-refractivity contribution >= 4 is 10.9 Å². The van der Waals surface area contributed by atoms with E-state index in [0.717, 1.165) is 11.3 Å². The lowest BCUT2D eigenvalue weighted by atomic mass is 10.2. The van der Waals surface area contributed by atoms with Crippen molar-refractivity contribution in [1.82, 2.24) is 9.72 Å². The van der Waals surface area contributed by atoms with E-state index in [2.05, 4.69) is 28.1 Å². The molecule has 0 aliphatic rings. The third kappa shape index (κ3) is 1.72. The second-order valence-electron chi connectivity index (χ2n) is 3.98. The van der Waals surface area contributed by atoms with E-state index in [-0.39, 0.29) is 0 Å². The Labute approximate surface area is 98.6 Å². The van der Waals surface area contributed by atoms with Crippen LogP contribution in [0.15, 0.2) is 47.2 Å². The number of fused-ring (bicyclic) bond motifs is 1. The van der Waals surface area contributed by atoms with Crippen molar-refractivity contribution in [2.24, 2.45) is 5.73 Å². The van der Waals surface area contributed by atoms with Gasteiger partial charge in [-0.1, -0.05) is 23.4 Å². The number of nitrogens with zero attached hydrogens (tertiary/aromatic N) is 2. The Hall–Kier alpha value is -2.07. The lowest BCUT2D eigenvalue weighted by molar-refractivity contribution is 0.377.